The molecule has 0 saturated carbocycles. The molecule has 0 aliphatic rings. The van der Waals surface area contributed by atoms with Gasteiger partial charge in [0.1, 0.15) is 11.5 Å². The van der Waals surface area contributed by atoms with E-state index in [4.69, 9.17) is 9.47 Å². The second-order valence-electron chi connectivity index (χ2n) is 8.12. The molecule has 3 aromatic carbocycles. The lowest BCUT2D eigenvalue weighted by molar-refractivity contribution is -0.113. The highest BCUT2D eigenvalue weighted by Gasteiger charge is 2.16. The Morgan fingerprint density at radius 2 is 1.65 bits per heavy atom. The predicted octanol–water partition coefficient (Wildman–Crippen LogP) is 4.79. The standard InChI is InChI=1S/C27H27N5O4S/c1-17-14-22(23(36-4)15-21(17)29-26(34)19-8-6-5-7-9-19)28-24(33)16-37-27-31-30-25(32(27)2)18-10-12-20(35-3)13-11-18/h5-15H,16H2,1-4H3,(H,28,33)(H,29,34). The van der Waals surface area contributed by atoms with Gasteiger partial charge in [-0.25, -0.2) is 0 Å². The van der Waals surface area contributed by atoms with Gasteiger partial charge in [0, 0.05) is 29.9 Å². The normalized spacial score (nSPS) is 10.6. The fraction of sp³-hybridized carbons (Fsp3) is 0.185. The molecule has 0 atom stereocenters. The first-order valence-electron chi connectivity index (χ1n) is 11.4. The minimum atomic E-state index is -0.225. The van der Waals surface area contributed by atoms with Crippen molar-refractivity contribution in [1.82, 2.24) is 14.8 Å². The van der Waals surface area contributed by atoms with Crippen LogP contribution in [0, 0.1) is 6.92 Å². The lowest BCUT2D eigenvalue weighted by Crippen LogP contribution is -2.16. The molecule has 2 N–H and O–H groups in total. The molecule has 1 aromatic heterocycles. The smallest absolute Gasteiger partial charge is 0.255 e. The zero-order chi connectivity index (χ0) is 26.4. The summed E-state index contributed by atoms with van der Waals surface area (Å²) in [5.41, 5.74) is 3.34. The van der Waals surface area contributed by atoms with Crippen molar-refractivity contribution in [3.05, 3.63) is 77.9 Å². The summed E-state index contributed by atoms with van der Waals surface area (Å²) in [7, 11) is 4.99. The molecule has 0 bridgehead atoms. The molecule has 0 aliphatic heterocycles. The van der Waals surface area contributed by atoms with Crippen LogP contribution in [0.25, 0.3) is 11.4 Å². The first-order valence-corrected chi connectivity index (χ1v) is 12.4. The molecular weight excluding hydrogens is 490 g/mol. The van der Waals surface area contributed by atoms with Crippen LogP contribution < -0.4 is 20.1 Å². The van der Waals surface area contributed by atoms with E-state index < -0.39 is 0 Å². The largest absolute Gasteiger partial charge is 0.497 e. The van der Waals surface area contributed by atoms with Crippen LogP contribution in [0.1, 0.15) is 15.9 Å². The number of thioether (sulfide) groups is 1. The summed E-state index contributed by atoms with van der Waals surface area (Å²) in [5, 5.41) is 14.9. The minimum Gasteiger partial charge on any atom is -0.497 e. The second kappa shape index (κ2) is 11.6. The Bertz CT molecular complexity index is 1400. The molecule has 0 aliphatic carbocycles. The molecule has 10 heteroatoms. The lowest BCUT2D eigenvalue weighted by Gasteiger charge is -2.15. The highest BCUT2D eigenvalue weighted by molar-refractivity contribution is 7.99. The SMILES string of the molecule is COc1ccc(-c2nnc(SCC(=O)Nc3cc(C)c(NC(=O)c4ccccc4)cc3OC)n2C)cc1. The van der Waals surface area contributed by atoms with Crippen LogP contribution in [0.3, 0.4) is 0 Å². The van der Waals surface area contributed by atoms with Crippen LogP contribution in [0.4, 0.5) is 11.4 Å². The Morgan fingerprint density at radius 1 is 0.919 bits per heavy atom. The number of ether oxygens (including phenoxy) is 2. The van der Waals surface area contributed by atoms with E-state index in [2.05, 4.69) is 20.8 Å². The average molecular weight is 518 g/mol. The Hall–Kier alpha value is -4.31. The first-order chi connectivity index (χ1) is 17.9. The molecular formula is C27H27N5O4S. The molecule has 0 saturated heterocycles. The molecule has 0 unspecified atom stereocenters. The number of amides is 2. The van der Waals surface area contributed by atoms with Crippen LogP contribution in [0.2, 0.25) is 0 Å². The summed E-state index contributed by atoms with van der Waals surface area (Å²) in [6.07, 6.45) is 0. The predicted molar refractivity (Wildman–Crippen MR) is 144 cm³/mol. The van der Waals surface area contributed by atoms with Gasteiger partial charge in [-0.15, -0.1) is 10.2 Å². The van der Waals surface area contributed by atoms with E-state index >= 15 is 0 Å². The van der Waals surface area contributed by atoms with Gasteiger partial charge in [-0.05, 0) is 55.0 Å². The zero-order valence-electron chi connectivity index (χ0n) is 20.9. The maximum absolute atomic E-state index is 12.7. The molecule has 1 heterocycles. The van der Waals surface area contributed by atoms with E-state index in [1.165, 1.54) is 18.9 Å². The van der Waals surface area contributed by atoms with Gasteiger partial charge in [0.15, 0.2) is 11.0 Å². The highest BCUT2D eigenvalue weighted by Crippen LogP contribution is 2.32. The van der Waals surface area contributed by atoms with Gasteiger partial charge in [0.25, 0.3) is 5.91 Å². The number of anilines is 2. The number of methoxy groups -OCH3 is 2. The number of nitrogens with zero attached hydrogens (tertiary/aromatic N) is 3. The van der Waals surface area contributed by atoms with E-state index in [0.29, 0.717) is 33.7 Å². The zero-order valence-corrected chi connectivity index (χ0v) is 21.8. The third-order valence-electron chi connectivity index (χ3n) is 5.62. The van der Waals surface area contributed by atoms with Crippen molar-refractivity contribution in [1.29, 1.82) is 0 Å². The quantitative estimate of drug-likeness (QED) is 0.307. The van der Waals surface area contributed by atoms with Crippen molar-refractivity contribution in [3.63, 3.8) is 0 Å². The van der Waals surface area contributed by atoms with Gasteiger partial charge < -0.3 is 24.7 Å². The molecule has 0 fully saturated rings. The third kappa shape index (κ3) is 6.10. The summed E-state index contributed by atoms with van der Waals surface area (Å²) in [6.45, 7) is 1.85. The van der Waals surface area contributed by atoms with E-state index in [1.54, 1.807) is 43.5 Å². The number of benzene rings is 3. The number of hydrogen-bond donors (Lipinski definition) is 2. The summed E-state index contributed by atoms with van der Waals surface area (Å²) < 4.78 is 12.5. The summed E-state index contributed by atoms with van der Waals surface area (Å²) in [6, 6.07) is 19.9. The van der Waals surface area contributed by atoms with Gasteiger partial charge >= 0.3 is 0 Å². The third-order valence-corrected chi connectivity index (χ3v) is 6.64. The molecule has 9 nitrogen and oxygen atoms in total. The topological polar surface area (TPSA) is 107 Å². The number of carbonyl (C=O) groups is 2. The Morgan fingerprint density at radius 3 is 2.32 bits per heavy atom. The Labute approximate surface area is 219 Å². The van der Waals surface area contributed by atoms with Gasteiger partial charge in [-0.3, -0.25) is 9.59 Å². The Kier molecular flexibility index (Phi) is 8.09. The van der Waals surface area contributed by atoms with Crippen LogP contribution in [-0.2, 0) is 11.8 Å². The van der Waals surface area contributed by atoms with Crippen LogP contribution in [-0.4, -0.2) is 46.6 Å². The fourth-order valence-corrected chi connectivity index (χ4v) is 4.33. The summed E-state index contributed by atoms with van der Waals surface area (Å²) in [5.74, 6) is 1.57. The van der Waals surface area contributed by atoms with Gasteiger partial charge in [-0.1, -0.05) is 30.0 Å². The van der Waals surface area contributed by atoms with E-state index in [0.717, 1.165) is 16.9 Å². The monoisotopic (exact) mass is 517 g/mol. The lowest BCUT2D eigenvalue weighted by atomic mass is 10.1. The number of carbonyl (C=O) groups excluding carboxylic acids is 2. The molecule has 37 heavy (non-hydrogen) atoms. The maximum atomic E-state index is 12.7. The molecule has 190 valence electrons. The molecule has 4 rings (SSSR count). The molecule has 0 radical (unpaired) electrons. The first kappa shape index (κ1) is 25.8. The average Bonchev–Trinajstić information content (AvgIpc) is 3.29. The van der Waals surface area contributed by atoms with Crippen molar-refractivity contribution in [2.24, 2.45) is 7.05 Å². The van der Waals surface area contributed by atoms with Gasteiger partial charge in [0.2, 0.25) is 5.91 Å². The van der Waals surface area contributed by atoms with E-state index in [-0.39, 0.29) is 17.6 Å². The van der Waals surface area contributed by atoms with Crippen molar-refractivity contribution >= 4 is 35.0 Å². The number of aryl methyl sites for hydroxylation is 1. The van der Waals surface area contributed by atoms with Crippen LogP contribution in [0.5, 0.6) is 11.5 Å². The van der Waals surface area contributed by atoms with E-state index in [1.807, 2.05) is 48.9 Å². The summed E-state index contributed by atoms with van der Waals surface area (Å²) >= 11 is 1.28. The molecule has 2 amide bonds. The van der Waals surface area contributed by atoms with Crippen molar-refractivity contribution in [2.45, 2.75) is 12.1 Å². The maximum Gasteiger partial charge on any atom is 0.255 e. The molecule has 4 aromatic rings. The van der Waals surface area contributed by atoms with Gasteiger partial charge in [0.05, 0.1) is 25.7 Å². The number of nitrogens with one attached hydrogen (secondary N) is 2. The number of rotatable bonds is 9. The minimum absolute atomic E-state index is 0.128. The fourth-order valence-electron chi connectivity index (χ4n) is 3.62. The van der Waals surface area contributed by atoms with Crippen LogP contribution >= 0.6 is 11.8 Å². The number of aromatic nitrogens is 3. The van der Waals surface area contributed by atoms with Crippen LogP contribution in [0.15, 0.2) is 71.9 Å². The molecule has 0 spiro atoms. The highest BCUT2D eigenvalue weighted by atomic mass is 32.2. The van der Waals surface area contributed by atoms with Crippen molar-refractivity contribution in [3.8, 4) is 22.9 Å². The van der Waals surface area contributed by atoms with E-state index in [9.17, 15) is 9.59 Å². The Balaban J connectivity index is 1.41. The van der Waals surface area contributed by atoms with Gasteiger partial charge in [-0.2, -0.15) is 0 Å². The van der Waals surface area contributed by atoms with Crippen molar-refractivity contribution in [2.75, 3.05) is 30.6 Å². The van der Waals surface area contributed by atoms with Crippen molar-refractivity contribution < 1.29 is 19.1 Å². The number of hydrogen-bond acceptors (Lipinski definition) is 7. The second-order valence-corrected chi connectivity index (χ2v) is 9.06. The summed E-state index contributed by atoms with van der Waals surface area (Å²) in [4.78, 5) is 25.3.